The first-order valence-corrected chi connectivity index (χ1v) is 7.29. The van der Waals surface area contributed by atoms with Crippen LogP contribution in [-0.4, -0.2) is 11.1 Å². The molecule has 0 spiro atoms. The normalized spacial score (nSPS) is 19.2. The van der Waals surface area contributed by atoms with E-state index in [-0.39, 0.29) is 0 Å². The minimum Gasteiger partial charge on any atom is -0.478 e. The number of rotatable bonds is 3. The molecule has 0 radical (unpaired) electrons. The van der Waals surface area contributed by atoms with E-state index in [1.165, 1.54) is 56.9 Å². The summed E-state index contributed by atoms with van der Waals surface area (Å²) in [6.45, 7) is 3.64. The fourth-order valence-corrected chi connectivity index (χ4v) is 2.48. The van der Waals surface area contributed by atoms with Gasteiger partial charge in [0.2, 0.25) is 0 Å². The van der Waals surface area contributed by atoms with E-state index in [4.69, 9.17) is 5.11 Å². The Balaban J connectivity index is 2.48. The molecule has 2 nitrogen and oxygen atoms in total. The van der Waals surface area contributed by atoms with Crippen molar-refractivity contribution in [1.29, 1.82) is 0 Å². The summed E-state index contributed by atoms with van der Waals surface area (Å²) in [4.78, 5) is 10.8. The molecule has 0 fully saturated rings. The van der Waals surface area contributed by atoms with E-state index < -0.39 is 5.97 Å². The zero-order valence-corrected chi connectivity index (χ0v) is 11.4. The molecule has 0 unspecified atom stereocenters. The highest BCUT2D eigenvalue weighted by Gasteiger charge is 2.07. The van der Waals surface area contributed by atoms with Gasteiger partial charge in [-0.1, -0.05) is 56.8 Å². The van der Waals surface area contributed by atoms with Gasteiger partial charge in [0.05, 0.1) is 0 Å². The molecule has 0 aromatic rings. The van der Waals surface area contributed by atoms with Crippen molar-refractivity contribution in [2.75, 3.05) is 0 Å². The van der Waals surface area contributed by atoms with Gasteiger partial charge in [-0.15, -0.1) is 0 Å². The van der Waals surface area contributed by atoms with E-state index >= 15 is 0 Å². The van der Waals surface area contributed by atoms with Crippen LogP contribution in [0.5, 0.6) is 0 Å². The topological polar surface area (TPSA) is 37.3 Å². The maximum atomic E-state index is 10.8. The number of hydrogen-bond acceptors (Lipinski definition) is 1. The van der Waals surface area contributed by atoms with Crippen LogP contribution in [0.25, 0.3) is 0 Å². The molecule has 0 aromatic heterocycles. The molecule has 1 aliphatic rings. The SMILES string of the molecule is C=C(CC1=CCCCCCCCCCC1)C(=O)O. The van der Waals surface area contributed by atoms with Crippen LogP contribution in [0.15, 0.2) is 23.8 Å². The first-order valence-electron chi connectivity index (χ1n) is 7.29. The van der Waals surface area contributed by atoms with Gasteiger partial charge in [-0.2, -0.15) is 0 Å². The van der Waals surface area contributed by atoms with Gasteiger partial charge in [-0.25, -0.2) is 4.79 Å². The fraction of sp³-hybridized carbons (Fsp3) is 0.688. The average molecular weight is 250 g/mol. The zero-order valence-electron chi connectivity index (χ0n) is 11.4. The Bertz CT molecular complexity index is 302. The lowest BCUT2D eigenvalue weighted by molar-refractivity contribution is -0.132. The molecule has 0 saturated heterocycles. The molecule has 0 amide bonds. The lowest BCUT2D eigenvalue weighted by Crippen LogP contribution is -2.01. The van der Waals surface area contributed by atoms with Crippen LogP contribution in [0.4, 0.5) is 0 Å². The highest BCUT2D eigenvalue weighted by Crippen LogP contribution is 2.21. The zero-order chi connectivity index (χ0) is 13.2. The molecular weight excluding hydrogens is 224 g/mol. The third-order valence-corrected chi connectivity index (χ3v) is 3.63. The van der Waals surface area contributed by atoms with Crippen LogP contribution in [0.3, 0.4) is 0 Å². The van der Waals surface area contributed by atoms with Crippen molar-refractivity contribution >= 4 is 5.97 Å². The number of allylic oxidation sites excluding steroid dienone is 2. The Morgan fingerprint density at radius 2 is 1.61 bits per heavy atom. The number of aliphatic carboxylic acids is 1. The molecule has 102 valence electrons. The second kappa shape index (κ2) is 8.96. The van der Waals surface area contributed by atoms with Crippen molar-refractivity contribution < 1.29 is 9.90 Å². The van der Waals surface area contributed by atoms with Crippen molar-refractivity contribution in [2.24, 2.45) is 0 Å². The summed E-state index contributed by atoms with van der Waals surface area (Å²) in [6.07, 6.45) is 15.4. The van der Waals surface area contributed by atoms with Gasteiger partial charge >= 0.3 is 5.97 Å². The largest absolute Gasteiger partial charge is 0.478 e. The van der Waals surface area contributed by atoms with Crippen molar-refractivity contribution in [3.05, 3.63) is 23.8 Å². The minimum atomic E-state index is -0.859. The van der Waals surface area contributed by atoms with Crippen LogP contribution in [0, 0.1) is 0 Å². The van der Waals surface area contributed by atoms with E-state index in [9.17, 15) is 4.79 Å². The molecule has 0 aromatic carbocycles. The Morgan fingerprint density at radius 1 is 1.06 bits per heavy atom. The van der Waals surface area contributed by atoms with E-state index in [2.05, 4.69) is 12.7 Å². The molecule has 1 aliphatic carbocycles. The summed E-state index contributed by atoms with van der Waals surface area (Å²) >= 11 is 0. The summed E-state index contributed by atoms with van der Waals surface area (Å²) in [5.41, 5.74) is 1.61. The van der Waals surface area contributed by atoms with Gasteiger partial charge in [0.15, 0.2) is 0 Å². The molecule has 0 bridgehead atoms. The number of carboxylic acid groups (broad SMARTS) is 1. The van der Waals surface area contributed by atoms with Crippen molar-refractivity contribution in [3.63, 3.8) is 0 Å². The third-order valence-electron chi connectivity index (χ3n) is 3.63. The predicted octanol–water partition coefficient (Wildman–Crippen LogP) is 4.86. The molecule has 1 N–H and O–H groups in total. The Morgan fingerprint density at radius 3 is 2.22 bits per heavy atom. The predicted molar refractivity (Wildman–Crippen MR) is 75.6 cm³/mol. The van der Waals surface area contributed by atoms with E-state index in [1.54, 1.807) is 0 Å². The molecule has 0 saturated carbocycles. The van der Waals surface area contributed by atoms with Crippen molar-refractivity contribution in [1.82, 2.24) is 0 Å². The summed E-state index contributed by atoms with van der Waals surface area (Å²) < 4.78 is 0. The molecule has 0 atom stereocenters. The van der Waals surface area contributed by atoms with Gasteiger partial charge in [0.25, 0.3) is 0 Å². The quantitative estimate of drug-likeness (QED) is 0.573. The van der Waals surface area contributed by atoms with Crippen LogP contribution in [-0.2, 0) is 4.79 Å². The summed E-state index contributed by atoms with van der Waals surface area (Å²) in [5.74, 6) is -0.859. The maximum absolute atomic E-state index is 10.8. The summed E-state index contributed by atoms with van der Waals surface area (Å²) in [7, 11) is 0. The number of carboxylic acids is 1. The van der Waals surface area contributed by atoms with E-state index in [1.807, 2.05) is 0 Å². The van der Waals surface area contributed by atoms with Gasteiger partial charge in [-0.3, -0.25) is 0 Å². The highest BCUT2D eigenvalue weighted by molar-refractivity contribution is 5.86. The van der Waals surface area contributed by atoms with Crippen LogP contribution < -0.4 is 0 Å². The molecule has 2 heteroatoms. The monoisotopic (exact) mass is 250 g/mol. The second-order valence-corrected chi connectivity index (χ2v) is 5.31. The Labute approximate surface area is 111 Å². The van der Waals surface area contributed by atoms with Gasteiger partial charge in [0.1, 0.15) is 0 Å². The van der Waals surface area contributed by atoms with Crippen LogP contribution in [0.1, 0.15) is 70.6 Å². The average Bonchev–Trinajstić information content (AvgIpc) is 2.32. The summed E-state index contributed by atoms with van der Waals surface area (Å²) in [5, 5.41) is 8.89. The van der Waals surface area contributed by atoms with Gasteiger partial charge in [0, 0.05) is 5.57 Å². The van der Waals surface area contributed by atoms with Crippen molar-refractivity contribution in [2.45, 2.75) is 70.6 Å². The second-order valence-electron chi connectivity index (χ2n) is 5.31. The third kappa shape index (κ3) is 6.63. The number of carbonyl (C=O) groups is 1. The lowest BCUT2D eigenvalue weighted by Gasteiger charge is -2.10. The Kier molecular flexibility index (Phi) is 7.47. The molecule has 18 heavy (non-hydrogen) atoms. The Hall–Kier alpha value is -1.05. The molecule has 0 heterocycles. The highest BCUT2D eigenvalue weighted by atomic mass is 16.4. The van der Waals surface area contributed by atoms with Crippen molar-refractivity contribution in [3.8, 4) is 0 Å². The first-order chi connectivity index (χ1) is 8.70. The molecule has 1 rings (SSSR count). The number of hydrogen-bond donors (Lipinski definition) is 1. The lowest BCUT2D eigenvalue weighted by atomic mass is 9.96. The molecular formula is C16H26O2. The maximum Gasteiger partial charge on any atom is 0.331 e. The fourth-order valence-electron chi connectivity index (χ4n) is 2.48. The van der Waals surface area contributed by atoms with Crippen LogP contribution >= 0.6 is 0 Å². The minimum absolute atomic E-state index is 0.327. The summed E-state index contributed by atoms with van der Waals surface area (Å²) in [6, 6.07) is 0. The van der Waals surface area contributed by atoms with Gasteiger partial charge in [-0.05, 0) is 32.1 Å². The standard InChI is InChI=1S/C16H26O2/c1-14(16(17)18)13-15-11-9-7-5-3-2-4-6-8-10-12-15/h11H,1-10,12-13H2,(H,17,18). The van der Waals surface area contributed by atoms with Crippen LogP contribution in [0.2, 0.25) is 0 Å². The smallest absolute Gasteiger partial charge is 0.331 e. The van der Waals surface area contributed by atoms with E-state index in [0.717, 1.165) is 12.8 Å². The molecule has 0 aliphatic heterocycles. The van der Waals surface area contributed by atoms with Gasteiger partial charge < -0.3 is 5.11 Å². The first kappa shape index (κ1) is 15.0. The van der Waals surface area contributed by atoms with E-state index in [0.29, 0.717) is 12.0 Å².